The van der Waals surface area contributed by atoms with Crippen LogP contribution in [-0.2, 0) is 6.42 Å². The molecule has 1 aliphatic carbocycles. The van der Waals surface area contributed by atoms with Crippen LogP contribution in [-0.4, -0.2) is 28.0 Å². The molecule has 0 amide bonds. The van der Waals surface area contributed by atoms with Crippen LogP contribution < -0.4 is 10.6 Å². The van der Waals surface area contributed by atoms with Crippen LogP contribution in [0.1, 0.15) is 30.0 Å². The third kappa shape index (κ3) is 3.95. The average Bonchev–Trinajstić information content (AvgIpc) is 3.06. The van der Waals surface area contributed by atoms with E-state index in [-0.39, 0.29) is 5.56 Å². The lowest BCUT2D eigenvalue weighted by Crippen LogP contribution is -2.44. The second-order valence-electron chi connectivity index (χ2n) is 8.31. The van der Waals surface area contributed by atoms with Crippen molar-refractivity contribution in [2.45, 2.75) is 35.2 Å². The minimum atomic E-state index is -1.46. The Morgan fingerprint density at radius 1 is 1.00 bits per heavy atom. The van der Waals surface area contributed by atoms with E-state index in [0.717, 1.165) is 6.07 Å². The number of hydrogen-bond donors (Lipinski definition) is 1. The van der Waals surface area contributed by atoms with Gasteiger partial charge in [-0.2, -0.15) is 0 Å². The molecular formula is C22H18Cl2F3N5S. The minimum Gasteiger partial charge on any atom is -0.355 e. The highest BCUT2D eigenvalue weighted by molar-refractivity contribution is 7.99. The predicted molar refractivity (Wildman–Crippen MR) is 121 cm³/mol. The number of anilines is 1. The standard InChI is InChI=1S/C22H18Cl2F3N5S/c23-12-7-29-8-13(24)20(12)33-16-10-30-15(9-31-16)32-3-1-22(2-4-32)6-11-5-14(25)18(26)19(27)17(11)21(22)28/h5,7-10,21H,1-4,6,28H2/t21-/m1/s1. The molecule has 33 heavy (non-hydrogen) atoms. The number of aromatic nitrogens is 3. The van der Waals surface area contributed by atoms with Crippen molar-refractivity contribution in [3.8, 4) is 0 Å². The summed E-state index contributed by atoms with van der Waals surface area (Å²) in [4.78, 5) is 15.7. The van der Waals surface area contributed by atoms with Crippen molar-refractivity contribution < 1.29 is 13.2 Å². The molecular weight excluding hydrogens is 494 g/mol. The largest absolute Gasteiger partial charge is 0.355 e. The lowest BCUT2D eigenvalue weighted by molar-refractivity contribution is 0.185. The molecule has 11 heteroatoms. The zero-order chi connectivity index (χ0) is 23.3. The van der Waals surface area contributed by atoms with Crippen LogP contribution in [0.4, 0.5) is 19.0 Å². The first kappa shape index (κ1) is 22.7. The summed E-state index contributed by atoms with van der Waals surface area (Å²) < 4.78 is 41.9. The topological polar surface area (TPSA) is 67.9 Å². The molecule has 0 bridgehead atoms. The molecule has 0 radical (unpaired) electrons. The molecule has 2 aliphatic rings. The van der Waals surface area contributed by atoms with Crippen LogP contribution in [0.15, 0.2) is 40.8 Å². The van der Waals surface area contributed by atoms with Gasteiger partial charge < -0.3 is 10.6 Å². The number of benzene rings is 1. The lowest BCUT2D eigenvalue weighted by atomic mass is 9.73. The molecule has 0 saturated carbocycles. The van der Waals surface area contributed by atoms with E-state index in [1.807, 2.05) is 0 Å². The fraction of sp³-hybridized carbons (Fsp3) is 0.318. The monoisotopic (exact) mass is 511 g/mol. The fourth-order valence-electron chi connectivity index (χ4n) is 4.73. The highest BCUT2D eigenvalue weighted by atomic mass is 35.5. The second-order valence-corrected chi connectivity index (χ2v) is 10.2. The third-order valence-electron chi connectivity index (χ3n) is 6.51. The average molecular weight is 512 g/mol. The molecule has 3 heterocycles. The molecule has 5 nitrogen and oxygen atoms in total. The number of pyridine rings is 1. The summed E-state index contributed by atoms with van der Waals surface area (Å²) in [5.41, 5.74) is 6.51. The Labute approximate surface area is 202 Å². The first-order chi connectivity index (χ1) is 15.8. The smallest absolute Gasteiger partial charge is 0.194 e. The normalized spacial score (nSPS) is 19.2. The Morgan fingerprint density at radius 3 is 2.33 bits per heavy atom. The van der Waals surface area contributed by atoms with Crippen LogP contribution in [0.25, 0.3) is 0 Å². The maximum atomic E-state index is 14.4. The SMILES string of the molecule is N[C@@H]1c2c(cc(F)c(F)c2F)CC12CCN(c1cnc(Sc3c(Cl)cncc3Cl)cn1)CC2. The highest BCUT2D eigenvalue weighted by Gasteiger charge is 2.48. The fourth-order valence-corrected chi connectivity index (χ4v) is 6.05. The van der Waals surface area contributed by atoms with Gasteiger partial charge in [0.15, 0.2) is 17.5 Å². The number of halogens is 5. The van der Waals surface area contributed by atoms with Gasteiger partial charge in [0.25, 0.3) is 0 Å². The van der Waals surface area contributed by atoms with E-state index < -0.39 is 28.9 Å². The quantitative estimate of drug-likeness (QED) is 0.462. The zero-order valence-corrected chi connectivity index (χ0v) is 19.5. The molecule has 1 spiro atoms. The van der Waals surface area contributed by atoms with Crippen LogP contribution in [0, 0.1) is 22.9 Å². The number of piperidine rings is 1. The van der Waals surface area contributed by atoms with Gasteiger partial charge in [-0.25, -0.2) is 23.1 Å². The Balaban J connectivity index is 1.28. The summed E-state index contributed by atoms with van der Waals surface area (Å²) in [7, 11) is 0. The van der Waals surface area contributed by atoms with Gasteiger partial charge in [0.1, 0.15) is 10.8 Å². The van der Waals surface area contributed by atoms with E-state index in [4.69, 9.17) is 28.9 Å². The van der Waals surface area contributed by atoms with Gasteiger partial charge in [0.05, 0.1) is 27.3 Å². The van der Waals surface area contributed by atoms with Crippen molar-refractivity contribution in [1.82, 2.24) is 15.0 Å². The number of nitrogens with two attached hydrogens (primary N) is 1. The van der Waals surface area contributed by atoms with Gasteiger partial charge in [-0.05, 0) is 36.3 Å². The van der Waals surface area contributed by atoms with Crippen molar-refractivity contribution in [3.05, 3.63) is 69.5 Å². The molecule has 2 aromatic heterocycles. The van der Waals surface area contributed by atoms with Gasteiger partial charge in [0.2, 0.25) is 0 Å². The van der Waals surface area contributed by atoms with Crippen LogP contribution >= 0.6 is 35.0 Å². The molecule has 5 rings (SSSR count). The summed E-state index contributed by atoms with van der Waals surface area (Å²) in [5, 5.41) is 1.50. The predicted octanol–water partition coefficient (Wildman–Crippen LogP) is 5.59. The number of fused-ring (bicyclic) bond motifs is 1. The first-order valence-electron chi connectivity index (χ1n) is 10.2. The van der Waals surface area contributed by atoms with E-state index >= 15 is 0 Å². The number of nitrogens with zero attached hydrogens (tertiary/aromatic N) is 4. The second kappa shape index (κ2) is 8.61. The van der Waals surface area contributed by atoms with E-state index in [1.54, 1.807) is 12.4 Å². The van der Waals surface area contributed by atoms with Crippen molar-refractivity contribution in [1.29, 1.82) is 0 Å². The Morgan fingerprint density at radius 2 is 1.70 bits per heavy atom. The number of rotatable bonds is 3. The summed E-state index contributed by atoms with van der Waals surface area (Å²) in [6, 6.07) is 0.405. The highest BCUT2D eigenvalue weighted by Crippen LogP contribution is 2.52. The van der Waals surface area contributed by atoms with Gasteiger partial charge in [-0.3, -0.25) is 4.98 Å². The molecule has 3 aromatic rings. The molecule has 1 fully saturated rings. The van der Waals surface area contributed by atoms with E-state index in [2.05, 4.69) is 19.9 Å². The van der Waals surface area contributed by atoms with Crippen molar-refractivity contribution in [3.63, 3.8) is 0 Å². The Bertz CT molecular complexity index is 1200. The molecule has 1 saturated heterocycles. The Hall–Kier alpha value is -2.07. The molecule has 1 aliphatic heterocycles. The summed E-state index contributed by atoms with van der Waals surface area (Å²) >= 11 is 13.6. The maximum absolute atomic E-state index is 14.4. The molecule has 1 atom stereocenters. The van der Waals surface area contributed by atoms with Crippen LogP contribution in [0.3, 0.4) is 0 Å². The van der Waals surface area contributed by atoms with Gasteiger partial charge in [-0.15, -0.1) is 0 Å². The van der Waals surface area contributed by atoms with Crippen molar-refractivity contribution in [2.24, 2.45) is 11.1 Å². The molecule has 2 N–H and O–H groups in total. The van der Waals surface area contributed by atoms with Crippen LogP contribution in [0.2, 0.25) is 10.0 Å². The first-order valence-corrected chi connectivity index (χ1v) is 11.8. The number of hydrogen-bond acceptors (Lipinski definition) is 6. The van der Waals surface area contributed by atoms with Crippen molar-refractivity contribution >= 4 is 40.8 Å². The summed E-state index contributed by atoms with van der Waals surface area (Å²) in [6.45, 7) is 1.24. The zero-order valence-electron chi connectivity index (χ0n) is 17.2. The molecule has 1 aromatic carbocycles. The van der Waals surface area contributed by atoms with E-state index in [0.29, 0.717) is 63.7 Å². The van der Waals surface area contributed by atoms with Gasteiger partial charge >= 0.3 is 0 Å². The molecule has 0 unspecified atom stereocenters. The minimum absolute atomic E-state index is 0.108. The van der Waals surface area contributed by atoms with Crippen LogP contribution in [0.5, 0.6) is 0 Å². The Kier molecular flexibility index (Phi) is 5.93. The molecule has 172 valence electrons. The van der Waals surface area contributed by atoms with E-state index in [9.17, 15) is 13.2 Å². The van der Waals surface area contributed by atoms with Crippen molar-refractivity contribution in [2.75, 3.05) is 18.0 Å². The third-order valence-corrected chi connectivity index (χ3v) is 8.37. The van der Waals surface area contributed by atoms with Gasteiger partial charge in [0, 0.05) is 37.1 Å². The summed E-state index contributed by atoms with van der Waals surface area (Å²) in [5.74, 6) is -3.09. The maximum Gasteiger partial charge on any atom is 0.194 e. The van der Waals surface area contributed by atoms with E-state index in [1.165, 1.54) is 24.2 Å². The summed E-state index contributed by atoms with van der Waals surface area (Å²) in [6.07, 6.45) is 8.08. The van der Waals surface area contributed by atoms with Gasteiger partial charge in [-0.1, -0.05) is 35.0 Å². The lowest BCUT2D eigenvalue weighted by Gasteiger charge is -2.42.